The standard InChI is InChI=1S/C19H30N2O2/c1-5-14(2)15(3)19(22)20-16-10-12-21(13-11-16)17-8-6-7-9-18(17)23-4/h6-9,14-16H,5,10-13H2,1-4H3,(H,20,22). The van der Waals surface area contributed by atoms with Crippen LogP contribution in [0.3, 0.4) is 0 Å². The van der Waals surface area contributed by atoms with E-state index in [1.807, 2.05) is 25.1 Å². The predicted molar refractivity (Wildman–Crippen MR) is 95.0 cm³/mol. The number of hydrogen-bond donors (Lipinski definition) is 1. The van der Waals surface area contributed by atoms with Crippen LogP contribution >= 0.6 is 0 Å². The number of methoxy groups -OCH3 is 1. The number of nitrogens with one attached hydrogen (secondary N) is 1. The quantitative estimate of drug-likeness (QED) is 0.873. The van der Waals surface area contributed by atoms with Gasteiger partial charge in [-0.2, -0.15) is 0 Å². The second kappa shape index (κ2) is 8.23. The summed E-state index contributed by atoms with van der Waals surface area (Å²) in [4.78, 5) is 14.7. The van der Waals surface area contributed by atoms with Gasteiger partial charge in [0.1, 0.15) is 5.75 Å². The van der Waals surface area contributed by atoms with Crippen molar-refractivity contribution in [1.29, 1.82) is 0 Å². The van der Waals surface area contributed by atoms with Crippen LogP contribution < -0.4 is 15.0 Å². The number of amides is 1. The van der Waals surface area contributed by atoms with Crippen LogP contribution in [0.25, 0.3) is 0 Å². The third-order valence-electron chi connectivity index (χ3n) is 5.18. The van der Waals surface area contributed by atoms with Crippen LogP contribution in [0.5, 0.6) is 5.75 Å². The molecular formula is C19H30N2O2. The van der Waals surface area contributed by atoms with Crippen molar-refractivity contribution < 1.29 is 9.53 Å². The summed E-state index contributed by atoms with van der Waals surface area (Å²) in [6, 6.07) is 8.42. The van der Waals surface area contributed by atoms with E-state index < -0.39 is 0 Å². The molecule has 0 saturated carbocycles. The zero-order valence-corrected chi connectivity index (χ0v) is 14.8. The summed E-state index contributed by atoms with van der Waals surface area (Å²) in [5.74, 6) is 1.64. The van der Waals surface area contributed by atoms with Crippen molar-refractivity contribution in [3.8, 4) is 5.75 Å². The lowest BCUT2D eigenvalue weighted by atomic mass is 9.92. The highest BCUT2D eigenvalue weighted by molar-refractivity contribution is 5.78. The van der Waals surface area contributed by atoms with E-state index in [1.54, 1.807) is 7.11 Å². The van der Waals surface area contributed by atoms with Gasteiger partial charge < -0.3 is 15.0 Å². The molecule has 1 fully saturated rings. The molecule has 2 rings (SSSR count). The van der Waals surface area contributed by atoms with Crippen LogP contribution in [0.2, 0.25) is 0 Å². The fourth-order valence-electron chi connectivity index (χ4n) is 3.10. The summed E-state index contributed by atoms with van der Waals surface area (Å²) < 4.78 is 5.45. The Kier molecular flexibility index (Phi) is 6.31. The van der Waals surface area contributed by atoms with E-state index in [-0.39, 0.29) is 11.8 Å². The molecule has 2 atom stereocenters. The van der Waals surface area contributed by atoms with Gasteiger partial charge in [0.05, 0.1) is 12.8 Å². The maximum Gasteiger partial charge on any atom is 0.223 e. The molecule has 0 radical (unpaired) electrons. The van der Waals surface area contributed by atoms with E-state index in [0.717, 1.165) is 43.8 Å². The van der Waals surface area contributed by atoms with Gasteiger partial charge in [-0.15, -0.1) is 0 Å². The lowest BCUT2D eigenvalue weighted by Crippen LogP contribution is -2.46. The molecule has 1 aromatic carbocycles. The summed E-state index contributed by atoms with van der Waals surface area (Å²) in [5.41, 5.74) is 1.15. The van der Waals surface area contributed by atoms with Gasteiger partial charge in [0.2, 0.25) is 5.91 Å². The topological polar surface area (TPSA) is 41.6 Å². The van der Waals surface area contributed by atoms with Crippen molar-refractivity contribution in [2.45, 2.75) is 46.1 Å². The number of carbonyl (C=O) groups excluding carboxylic acids is 1. The molecule has 1 aliphatic heterocycles. The first kappa shape index (κ1) is 17.6. The Labute approximate surface area is 140 Å². The highest BCUT2D eigenvalue weighted by Crippen LogP contribution is 2.30. The largest absolute Gasteiger partial charge is 0.495 e. The van der Waals surface area contributed by atoms with Crippen molar-refractivity contribution in [3.05, 3.63) is 24.3 Å². The molecule has 1 aliphatic rings. The van der Waals surface area contributed by atoms with Crippen molar-refractivity contribution >= 4 is 11.6 Å². The SMILES string of the molecule is CCC(C)C(C)C(=O)NC1CCN(c2ccccc2OC)CC1. The molecule has 0 aromatic heterocycles. The van der Waals surface area contributed by atoms with E-state index in [0.29, 0.717) is 12.0 Å². The van der Waals surface area contributed by atoms with E-state index >= 15 is 0 Å². The molecular weight excluding hydrogens is 288 g/mol. The Hall–Kier alpha value is -1.71. The smallest absolute Gasteiger partial charge is 0.223 e. The van der Waals surface area contributed by atoms with Crippen molar-refractivity contribution in [2.75, 3.05) is 25.1 Å². The minimum absolute atomic E-state index is 0.0900. The fraction of sp³-hybridized carbons (Fsp3) is 0.632. The van der Waals surface area contributed by atoms with Crippen molar-refractivity contribution in [2.24, 2.45) is 11.8 Å². The second-order valence-electron chi connectivity index (χ2n) is 6.62. The van der Waals surface area contributed by atoms with Gasteiger partial charge in [0.15, 0.2) is 0 Å². The molecule has 1 N–H and O–H groups in total. The first-order chi connectivity index (χ1) is 11.1. The van der Waals surface area contributed by atoms with Crippen molar-refractivity contribution in [3.63, 3.8) is 0 Å². The number of hydrogen-bond acceptors (Lipinski definition) is 3. The first-order valence-corrected chi connectivity index (χ1v) is 8.75. The number of benzene rings is 1. The highest BCUT2D eigenvalue weighted by Gasteiger charge is 2.25. The Morgan fingerprint density at radius 3 is 2.57 bits per heavy atom. The van der Waals surface area contributed by atoms with Crippen LogP contribution in [0.1, 0.15) is 40.0 Å². The van der Waals surface area contributed by atoms with Crippen LogP contribution in [0, 0.1) is 11.8 Å². The van der Waals surface area contributed by atoms with E-state index in [1.165, 1.54) is 0 Å². The summed E-state index contributed by atoms with van der Waals surface area (Å²) in [5, 5.41) is 3.24. The molecule has 1 aromatic rings. The van der Waals surface area contributed by atoms with Gasteiger partial charge in [-0.05, 0) is 30.9 Å². The molecule has 23 heavy (non-hydrogen) atoms. The van der Waals surface area contributed by atoms with Crippen LogP contribution in [0.15, 0.2) is 24.3 Å². The molecule has 0 aliphatic carbocycles. The predicted octanol–water partition coefficient (Wildman–Crippen LogP) is 3.46. The average molecular weight is 318 g/mol. The summed E-state index contributed by atoms with van der Waals surface area (Å²) in [6.07, 6.45) is 3.01. The highest BCUT2D eigenvalue weighted by atomic mass is 16.5. The lowest BCUT2D eigenvalue weighted by Gasteiger charge is -2.35. The van der Waals surface area contributed by atoms with Gasteiger partial charge in [-0.3, -0.25) is 4.79 Å². The second-order valence-corrected chi connectivity index (χ2v) is 6.62. The Bertz CT molecular complexity index is 510. The number of ether oxygens (including phenoxy) is 1. The van der Waals surface area contributed by atoms with Gasteiger partial charge in [-0.1, -0.05) is 39.3 Å². The Morgan fingerprint density at radius 2 is 1.96 bits per heavy atom. The molecule has 2 unspecified atom stereocenters. The average Bonchev–Trinajstić information content (AvgIpc) is 2.60. The third-order valence-corrected chi connectivity index (χ3v) is 5.18. The summed E-state index contributed by atoms with van der Waals surface area (Å²) in [7, 11) is 1.71. The molecule has 1 amide bonds. The zero-order chi connectivity index (χ0) is 16.8. The van der Waals surface area contributed by atoms with Gasteiger partial charge in [0, 0.05) is 25.0 Å². The molecule has 1 saturated heterocycles. The number of anilines is 1. The molecule has 128 valence electrons. The van der Waals surface area contributed by atoms with Crippen LogP contribution in [-0.4, -0.2) is 32.1 Å². The first-order valence-electron chi connectivity index (χ1n) is 8.75. The number of nitrogens with zero attached hydrogens (tertiary/aromatic N) is 1. The van der Waals surface area contributed by atoms with E-state index in [9.17, 15) is 4.79 Å². The maximum absolute atomic E-state index is 12.3. The number of carbonyl (C=O) groups is 1. The lowest BCUT2D eigenvalue weighted by molar-refractivity contribution is -0.126. The van der Waals surface area contributed by atoms with Crippen LogP contribution in [-0.2, 0) is 4.79 Å². The summed E-state index contributed by atoms with van der Waals surface area (Å²) in [6.45, 7) is 8.22. The minimum Gasteiger partial charge on any atom is -0.495 e. The molecule has 0 bridgehead atoms. The zero-order valence-electron chi connectivity index (χ0n) is 14.8. The minimum atomic E-state index is 0.0900. The van der Waals surface area contributed by atoms with Gasteiger partial charge >= 0.3 is 0 Å². The Morgan fingerprint density at radius 1 is 1.30 bits per heavy atom. The maximum atomic E-state index is 12.3. The van der Waals surface area contributed by atoms with E-state index in [4.69, 9.17) is 4.74 Å². The molecule has 1 heterocycles. The Balaban J connectivity index is 1.88. The molecule has 0 spiro atoms. The van der Waals surface area contributed by atoms with Gasteiger partial charge in [0.25, 0.3) is 0 Å². The van der Waals surface area contributed by atoms with Crippen molar-refractivity contribution in [1.82, 2.24) is 5.32 Å². The van der Waals surface area contributed by atoms with E-state index in [2.05, 4.69) is 30.1 Å². The monoisotopic (exact) mass is 318 g/mol. The molecule has 4 nitrogen and oxygen atoms in total. The number of para-hydroxylation sites is 2. The fourth-order valence-corrected chi connectivity index (χ4v) is 3.10. The molecule has 4 heteroatoms. The van der Waals surface area contributed by atoms with Crippen LogP contribution in [0.4, 0.5) is 5.69 Å². The third kappa shape index (κ3) is 4.40. The van der Waals surface area contributed by atoms with Gasteiger partial charge in [-0.25, -0.2) is 0 Å². The number of rotatable bonds is 6. The normalized spacial score (nSPS) is 18.3. The number of piperidine rings is 1. The summed E-state index contributed by atoms with van der Waals surface area (Å²) >= 11 is 0.